The van der Waals surface area contributed by atoms with Crippen molar-refractivity contribution in [3.63, 3.8) is 0 Å². The predicted octanol–water partition coefficient (Wildman–Crippen LogP) is 1.16. The van der Waals surface area contributed by atoms with Gasteiger partial charge in [0, 0.05) is 23.5 Å². The molecule has 1 fully saturated rings. The first kappa shape index (κ1) is 22.7. The maximum absolute atomic E-state index is 13.2. The number of nitrogens with zero attached hydrogens (tertiary/aromatic N) is 2. The molecule has 1 aliphatic rings. The molecule has 1 aliphatic heterocycles. The monoisotopic (exact) mass is 425 g/mol. The highest BCUT2D eigenvalue weighted by Crippen LogP contribution is 2.13. The Morgan fingerprint density at radius 2 is 1.74 bits per heavy atom. The van der Waals surface area contributed by atoms with Crippen molar-refractivity contribution in [2.75, 3.05) is 32.8 Å². The van der Waals surface area contributed by atoms with Gasteiger partial charge in [0.1, 0.15) is 18.3 Å². The Hall–Kier alpha value is -2.93. The summed E-state index contributed by atoms with van der Waals surface area (Å²) in [6.45, 7) is 10.5. The smallest absolute Gasteiger partial charge is 0.251 e. The number of pyridine rings is 1. The largest absolute Gasteiger partial charge is 0.494 e. The Morgan fingerprint density at radius 1 is 1.10 bits per heavy atom. The fraction of sp³-hybridized carbons (Fsp3) is 0.458. The summed E-state index contributed by atoms with van der Waals surface area (Å²) in [7, 11) is 0. The SMILES string of the molecule is CCOc1ccc(C(=O)N[C@H](C(=O)N2CC[NH+](Cc3ccncc3)CC2)C(C)C)cc1. The highest BCUT2D eigenvalue weighted by atomic mass is 16.5. The van der Waals surface area contributed by atoms with Crippen LogP contribution in [-0.4, -0.2) is 60.5 Å². The van der Waals surface area contributed by atoms with E-state index in [9.17, 15) is 9.59 Å². The highest BCUT2D eigenvalue weighted by Gasteiger charge is 2.32. The molecule has 7 nitrogen and oxygen atoms in total. The Labute approximate surface area is 184 Å². The Kier molecular flexibility index (Phi) is 8.00. The molecule has 2 N–H and O–H groups in total. The fourth-order valence-corrected chi connectivity index (χ4v) is 3.81. The molecule has 1 atom stereocenters. The third kappa shape index (κ3) is 6.28. The molecule has 3 rings (SSSR count). The lowest BCUT2D eigenvalue weighted by Gasteiger charge is -2.35. The van der Waals surface area contributed by atoms with Crippen LogP contribution in [0.4, 0.5) is 0 Å². The minimum Gasteiger partial charge on any atom is -0.494 e. The lowest BCUT2D eigenvalue weighted by molar-refractivity contribution is -0.917. The van der Waals surface area contributed by atoms with E-state index >= 15 is 0 Å². The van der Waals surface area contributed by atoms with E-state index in [1.165, 1.54) is 10.5 Å². The molecule has 1 aromatic heterocycles. The van der Waals surface area contributed by atoms with Crippen LogP contribution in [0.3, 0.4) is 0 Å². The summed E-state index contributed by atoms with van der Waals surface area (Å²) in [5.41, 5.74) is 1.78. The number of hydrogen-bond acceptors (Lipinski definition) is 4. The molecule has 2 amide bonds. The minimum absolute atomic E-state index is 0.00124. The van der Waals surface area contributed by atoms with E-state index in [0.717, 1.165) is 25.4 Å². The molecule has 0 radical (unpaired) electrons. The van der Waals surface area contributed by atoms with Crippen LogP contribution in [0.5, 0.6) is 5.75 Å². The first-order valence-corrected chi connectivity index (χ1v) is 11.0. The number of amides is 2. The highest BCUT2D eigenvalue weighted by molar-refractivity contribution is 5.97. The minimum atomic E-state index is -0.541. The average Bonchev–Trinajstić information content (AvgIpc) is 2.78. The number of nitrogens with one attached hydrogen (secondary N) is 2. The zero-order valence-corrected chi connectivity index (χ0v) is 18.6. The van der Waals surface area contributed by atoms with E-state index in [2.05, 4.69) is 10.3 Å². The van der Waals surface area contributed by atoms with Crippen molar-refractivity contribution in [2.45, 2.75) is 33.4 Å². The van der Waals surface area contributed by atoms with E-state index in [-0.39, 0.29) is 17.7 Å². The van der Waals surface area contributed by atoms with Crippen LogP contribution in [0.2, 0.25) is 0 Å². The molecule has 166 valence electrons. The van der Waals surface area contributed by atoms with Gasteiger partial charge in [-0.05, 0) is 49.2 Å². The van der Waals surface area contributed by atoms with Gasteiger partial charge in [0.25, 0.3) is 5.91 Å². The number of carbonyl (C=O) groups is 2. The van der Waals surface area contributed by atoms with Crippen LogP contribution < -0.4 is 15.0 Å². The molecule has 1 aromatic carbocycles. The van der Waals surface area contributed by atoms with E-state index in [0.29, 0.717) is 25.3 Å². The van der Waals surface area contributed by atoms with Gasteiger partial charge in [-0.2, -0.15) is 0 Å². The molecule has 2 aromatic rings. The number of piperazine rings is 1. The molecule has 31 heavy (non-hydrogen) atoms. The van der Waals surface area contributed by atoms with Crippen molar-refractivity contribution < 1.29 is 19.2 Å². The Bertz CT molecular complexity index is 847. The zero-order chi connectivity index (χ0) is 22.2. The lowest BCUT2D eigenvalue weighted by atomic mass is 10.0. The van der Waals surface area contributed by atoms with Gasteiger partial charge in [-0.1, -0.05) is 13.8 Å². The summed E-state index contributed by atoms with van der Waals surface area (Å²) in [6, 6.07) is 10.5. The number of quaternary nitrogens is 1. The van der Waals surface area contributed by atoms with Gasteiger partial charge in [0.15, 0.2) is 0 Å². The number of benzene rings is 1. The Morgan fingerprint density at radius 3 is 2.32 bits per heavy atom. The van der Waals surface area contributed by atoms with Crippen LogP contribution in [-0.2, 0) is 11.3 Å². The van der Waals surface area contributed by atoms with Crippen LogP contribution >= 0.6 is 0 Å². The molecule has 0 unspecified atom stereocenters. The number of hydrogen-bond donors (Lipinski definition) is 2. The van der Waals surface area contributed by atoms with Gasteiger partial charge in [-0.25, -0.2) is 0 Å². The number of rotatable bonds is 8. The number of ether oxygens (including phenoxy) is 1. The molecule has 0 aliphatic carbocycles. The second-order valence-corrected chi connectivity index (χ2v) is 8.26. The van der Waals surface area contributed by atoms with Crippen molar-refractivity contribution in [1.82, 2.24) is 15.2 Å². The van der Waals surface area contributed by atoms with Gasteiger partial charge in [0.05, 0.1) is 32.8 Å². The predicted molar refractivity (Wildman–Crippen MR) is 119 cm³/mol. The molecular formula is C24H33N4O3+. The third-order valence-corrected chi connectivity index (χ3v) is 5.63. The van der Waals surface area contributed by atoms with E-state index in [4.69, 9.17) is 4.74 Å². The third-order valence-electron chi connectivity index (χ3n) is 5.63. The van der Waals surface area contributed by atoms with Crippen molar-refractivity contribution in [3.8, 4) is 5.75 Å². The van der Waals surface area contributed by atoms with Crippen molar-refractivity contribution in [3.05, 3.63) is 59.9 Å². The van der Waals surface area contributed by atoms with Crippen LogP contribution in [0.15, 0.2) is 48.8 Å². The van der Waals surface area contributed by atoms with Crippen molar-refractivity contribution in [1.29, 1.82) is 0 Å². The summed E-state index contributed by atoms with van der Waals surface area (Å²) in [5.74, 6) is 0.485. The summed E-state index contributed by atoms with van der Waals surface area (Å²) >= 11 is 0. The Balaban J connectivity index is 1.56. The molecular weight excluding hydrogens is 392 g/mol. The van der Waals surface area contributed by atoms with Crippen molar-refractivity contribution in [2.24, 2.45) is 5.92 Å². The molecule has 1 saturated heterocycles. The second-order valence-electron chi connectivity index (χ2n) is 8.26. The lowest BCUT2D eigenvalue weighted by Crippen LogP contribution is -3.13. The van der Waals surface area contributed by atoms with Gasteiger partial charge >= 0.3 is 0 Å². The maximum Gasteiger partial charge on any atom is 0.251 e. The van der Waals surface area contributed by atoms with E-state index in [1.54, 1.807) is 24.3 Å². The first-order valence-electron chi connectivity index (χ1n) is 11.0. The van der Waals surface area contributed by atoms with Gasteiger partial charge in [-0.15, -0.1) is 0 Å². The molecule has 7 heteroatoms. The van der Waals surface area contributed by atoms with Crippen LogP contribution in [0.25, 0.3) is 0 Å². The molecule has 0 spiro atoms. The summed E-state index contributed by atoms with van der Waals surface area (Å²) in [6.07, 6.45) is 3.63. The standard InChI is InChI=1S/C24H32N4O3/c1-4-31-21-7-5-20(6-8-21)23(29)26-22(18(2)3)24(30)28-15-13-27(14-16-28)17-19-9-11-25-12-10-19/h5-12,18,22H,4,13-17H2,1-3H3,(H,26,29)/p+1/t22-/m0/s1. The van der Waals surface area contributed by atoms with E-state index < -0.39 is 6.04 Å². The molecule has 2 heterocycles. The second kappa shape index (κ2) is 10.9. The summed E-state index contributed by atoms with van der Waals surface area (Å²) < 4.78 is 5.43. The van der Waals surface area contributed by atoms with Crippen molar-refractivity contribution >= 4 is 11.8 Å². The van der Waals surface area contributed by atoms with Crippen LogP contribution in [0.1, 0.15) is 36.7 Å². The number of carbonyl (C=O) groups excluding carboxylic acids is 2. The fourth-order valence-electron chi connectivity index (χ4n) is 3.81. The van der Waals surface area contributed by atoms with Gasteiger partial charge in [0.2, 0.25) is 5.91 Å². The van der Waals surface area contributed by atoms with Crippen LogP contribution in [0, 0.1) is 5.92 Å². The number of aromatic nitrogens is 1. The average molecular weight is 426 g/mol. The molecule has 0 saturated carbocycles. The first-order chi connectivity index (χ1) is 15.0. The molecule has 0 bridgehead atoms. The maximum atomic E-state index is 13.2. The van der Waals surface area contributed by atoms with Gasteiger partial charge < -0.3 is 19.9 Å². The van der Waals surface area contributed by atoms with E-state index in [1.807, 2.05) is 50.2 Å². The van der Waals surface area contributed by atoms with Gasteiger partial charge in [-0.3, -0.25) is 14.6 Å². The zero-order valence-electron chi connectivity index (χ0n) is 18.6. The normalized spacial score (nSPS) is 15.5. The summed E-state index contributed by atoms with van der Waals surface area (Å²) in [4.78, 5) is 33.3. The summed E-state index contributed by atoms with van der Waals surface area (Å²) in [5, 5.41) is 2.95. The quantitative estimate of drug-likeness (QED) is 0.666. The topological polar surface area (TPSA) is 76.0 Å².